The van der Waals surface area contributed by atoms with Crippen molar-refractivity contribution in [3.8, 4) is 11.3 Å². The van der Waals surface area contributed by atoms with Gasteiger partial charge in [-0.3, -0.25) is 4.79 Å². The SMILES string of the molecule is Nc1ncc(-c2ccc(CNC3CCN[C@H](C(=O)C4CCCC4)C3)cc2)nc1NCc1c(Cl)cccc1Cl. The molecule has 1 aliphatic carbocycles. The van der Waals surface area contributed by atoms with E-state index in [0.29, 0.717) is 40.1 Å². The number of nitrogens with two attached hydrogens (primary N) is 1. The lowest BCUT2D eigenvalue weighted by Gasteiger charge is -2.31. The Bertz CT molecular complexity index is 1240. The molecule has 5 rings (SSSR count). The van der Waals surface area contributed by atoms with Gasteiger partial charge in [0, 0.05) is 46.2 Å². The minimum Gasteiger partial charge on any atom is -0.381 e. The number of carbonyl (C=O) groups is 1. The number of aromatic nitrogens is 2. The first-order valence-corrected chi connectivity index (χ1v) is 14.1. The Hall–Kier alpha value is -2.71. The summed E-state index contributed by atoms with van der Waals surface area (Å²) in [6, 6.07) is 14.0. The number of piperidine rings is 1. The normalized spacial score (nSPS) is 19.9. The zero-order chi connectivity index (χ0) is 26.5. The fourth-order valence-corrected chi connectivity index (χ4v) is 5.94. The van der Waals surface area contributed by atoms with E-state index in [1.165, 1.54) is 18.4 Å². The van der Waals surface area contributed by atoms with Crippen LogP contribution in [0.2, 0.25) is 10.0 Å². The van der Waals surface area contributed by atoms with Crippen LogP contribution in [0.1, 0.15) is 49.7 Å². The lowest BCUT2D eigenvalue weighted by atomic mass is 9.89. The Balaban J connectivity index is 1.17. The molecule has 1 aromatic heterocycles. The van der Waals surface area contributed by atoms with Gasteiger partial charge in [0.05, 0.1) is 17.9 Å². The molecule has 2 aromatic carbocycles. The van der Waals surface area contributed by atoms with Crippen molar-refractivity contribution in [2.45, 2.75) is 63.7 Å². The second-order valence-electron chi connectivity index (χ2n) is 10.2. The van der Waals surface area contributed by atoms with Gasteiger partial charge in [-0.1, -0.05) is 66.4 Å². The molecule has 0 spiro atoms. The molecule has 5 N–H and O–H groups in total. The Morgan fingerprint density at radius 2 is 1.76 bits per heavy atom. The average molecular weight is 554 g/mol. The zero-order valence-corrected chi connectivity index (χ0v) is 22.9. The summed E-state index contributed by atoms with van der Waals surface area (Å²) in [6.07, 6.45) is 8.08. The third-order valence-corrected chi connectivity index (χ3v) is 8.35. The topological polar surface area (TPSA) is 105 Å². The van der Waals surface area contributed by atoms with Crippen LogP contribution in [0.25, 0.3) is 11.3 Å². The van der Waals surface area contributed by atoms with Gasteiger partial charge in [-0.25, -0.2) is 9.97 Å². The lowest BCUT2D eigenvalue weighted by Crippen LogP contribution is -2.50. The first kappa shape index (κ1) is 26.9. The van der Waals surface area contributed by atoms with E-state index >= 15 is 0 Å². The first-order chi connectivity index (χ1) is 18.5. The molecule has 1 unspecified atom stereocenters. The summed E-state index contributed by atoms with van der Waals surface area (Å²) in [7, 11) is 0. The highest BCUT2D eigenvalue weighted by Crippen LogP contribution is 2.29. The number of carbonyl (C=O) groups excluding carboxylic acids is 1. The minimum atomic E-state index is -0.00688. The second-order valence-corrected chi connectivity index (χ2v) is 11.0. The second kappa shape index (κ2) is 12.4. The third-order valence-electron chi connectivity index (χ3n) is 7.64. The van der Waals surface area contributed by atoms with Gasteiger partial charge in [0.1, 0.15) is 0 Å². The standard InChI is InChI=1S/C29H34Cl2N6O/c30-23-6-3-7-24(31)22(23)16-36-29-28(32)35-17-26(37-29)19-10-8-18(9-11-19)15-34-21-12-13-33-25(14-21)27(38)20-4-1-2-5-20/h3,6-11,17,20-21,25,33-34H,1-2,4-5,12-16H2,(H2,32,35)(H,36,37)/t21?,25-/m0/s1. The van der Waals surface area contributed by atoms with Gasteiger partial charge < -0.3 is 21.7 Å². The third kappa shape index (κ3) is 6.46. The number of halogens is 2. The van der Waals surface area contributed by atoms with Gasteiger partial charge in [0.25, 0.3) is 0 Å². The van der Waals surface area contributed by atoms with Crippen LogP contribution in [0.4, 0.5) is 11.6 Å². The first-order valence-electron chi connectivity index (χ1n) is 13.4. The van der Waals surface area contributed by atoms with Crippen molar-refractivity contribution in [2.75, 3.05) is 17.6 Å². The smallest absolute Gasteiger partial charge is 0.169 e. The molecule has 2 aliphatic rings. The molecular formula is C29H34Cl2N6O. The van der Waals surface area contributed by atoms with Crippen LogP contribution < -0.4 is 21.7 Å². The van der Waals surface area contributed by atoms with Crippen molar-refractivity contribution in [1.82, 2.24) is 20.6 Å². The van der Waals surface area contributed by atoms with Crippen molar-refractivity contribution in [1.29, 1.82) is 0 Å². The monoisotopic (exact) mass is 552 g/mol. The Kier molecular flexibility index (Phi) is 8.79. The minimum absolute atomic E-state index is 0.00688. The van der Waals surface area contributed by atoms with E-state index in [-0.39, 0.29) is 12.0 Å². The number of nitrogen functional groups attached to an aromatic ring is 1. The highest BCUT2D eigenvalue weighted by molar-refractivity contribution is 6.36. The van der Waals surface area contributed by atoms with Crippen LogP contribution in [-0.2, 0) is 17.9 Å². The number of benzene rings is 2. The molecule has 200 valence electrons. The molecule has 3 aromatic rings. The molecule has 0 bridgehead atoms. The van der Waals surface area contributed by atoms with Gasteiger partial charge in [-0.15, -0.1) is 0 Å². The molecule has 7 nitrogen and oxygen atoms in total. The molecule has 2 heterocycles. The Morgan fingerprint density at radius 3 is 2.50 bits per heavy atom. The molecule has 1 aliphatic heterocycles. The Labute approximate surface area is 233 Å². The average Bonchev–Trinajstić information content (AvgIpc) is 3.48. The maximum atomic E-state index is 12.9. The van der Waals surface area contributed by atoms with E-state index in [2.05, 4.69) is 38.1 Å². The number of nitrogens with one attached hydrogen (secondary N) is 3. The van der Waals surface area contributed by atoms with Crippen molar-refractivity contribution in [3.63, 3.8) is 0 Å². The zero-order valence-electron chi connectivity index (χ0n) is 21.4. The van der Waals surface area contributed by atoms with Crippen LogP contribution in [-0.4, -0.2) is 34.4 Å². The van der Waals surface area contributed by atoms with E-state index < -0.39 is 0 Å². The molecule has 9 heteroatoms. The molecule has 1 saturated carbocycles. The maximum absolute atomic E-state index is 12.9. The van der Waals surface area contributed by atoms with Crippen LogP contribution in [0.5, 0.6) is 0 Å². The van der Waals surface area contributed by atoms with Gasteiger partial charge in [0.2, 0.25) is 0 Å². The number of rotatable bonds is 9. The number of ketones is 1. The van der Waals surface area contributed by atoms with E-state index in [0.717, 1.165) is 55.6 Å². The maximum Gasteiger partial charge on any atom is 0.169 e. The van der Waals surface area contributed by atoms with Crippen molar-refractivity contribution in [3.05, 3.63) is 69.8 Å². The summed E-state index contributed by atoms with van der Waals surface area (Å²) < 4.78 is 0. The summed E-state index contributed by atoms with van der Waals surface area (Å²) in [5.74, 6) is 1.48. The summed E-state index contributed by atoms with van der Waals surface area (Å²) >= 11 is 12.6. The van der Waals surface area contributed by atoms with Crippen molar-refractivity contribution in [2.24, 2.45) is 5.92 Å². The number of hydrogen-bond acceptors (Lipinski definition) is 7. The fourth-order valence-electron chi connectivity index (χ4n) is 5.41. The highest BCUT2D eigenvalue weighted by atomic mass is 35.5. The number of Topliss-reactive ketones (excluding diaryl/α,β-unsaturated/α-hetero) is 1. The summed E-state index contributed by atoms with van der Waals surface area (Å²) in [4.78, 5) is 21.9. The number of anilines is 2. The number of hydrogen-bond donors (Lipinski definition) is 4. The largest absolute Gasteiger partial charge is 0.381 e. The summed E-state index contributed by atoms with van der Waals surface area (Å²) in [6.45, 7) is 2.03. The predicted octanol–water partition coefficient (Wildman–Crippen LogP) is 5.61. The van der Waals surface area contributed by atoms with E-state index in [1.54, 1.807) is 18.3 Å². The quantitative estimate of drug-likeness (QED) is 0.273. The summed E-state index contributed by atoms with van der Waals surface area (Å²) in [5.41, 5.74) is 9.70. The number of nitrogens with zero attached hydrogens (tertiary/aromatic N) is 2. The van der Waals surface area contributed by atoms with Crippen LogP contribution in [0.3, 0.4) is 0 Å². The predicted molar refractivity (Wildman–Crippen MR) is 154 cm³/mol. The molecule has 1 saturated heterocycles. The van der Waals surface area contributed by atoms with E-state index in [9.17, 15) is 4.79 Å². The molecule has 2 fully saturated rings. The fraction of sp³-hybridized carbons (Fsp3) is 0.414. The molecule has 0 amide bonds. The van der Waals surface area contributed by atoms with Gasteiger partial charge in [0.15, 0.2) is 17.4 Å². The van der Waals surface area contributed by atoms with Gasteiger partial charge >= 0.3 is 0 Å². The van der Waals surface area contributed by atoms with Crippen molar-refractivity contribution >= 4 is 40.6 Å². The molecular weight excluding hydrogens is 519 g/mol. The molecule has 2 atom stereocenters. The Morgan fingerprint density at radius 1 is 1.03 bits per heavy atom. The van der Waals surface area contributed by atoms with Gasteiger partial charge in [-0.05, 0) is 49.9 Å². The molecule has 0 radical (unpaired) electrons. The van der Waals surface area contributed by atoms with Crippen LogP contribution in [0.15, 0.2) is 48.7 Å². The van der Waals surface area contributed by atoms with Gasteiger partial charge in [-0.2, -0.15) is 0 Å². The summed E-state index contributed by atoms with van der Waals surface area (Å²) in [5, 5.41) is 11.5. The molecule has 38 heavy (non-hydrogen) atoms. The lowest BCUT2D eigenvalue weighted by molar-refractivity contribution is -0.125. The van der Waals surface area contributed by atoms with Crippen LogP contribution in [0, 0.1) is 5.92 Å². The van der Waals surface area contributed by atoms with E-state index in [4.69, 9.17) is 28.9 Å². The highest BCUT2D eigenvalue weighted by Gasteiger charge is 2.32. The van der Waals surface area contributed by atoms with Crippen molar-refractivity contribution < 1.29 is 4.79 Å². The van der Waals surface area contributed by atoms with Crippen LogP contribution >= 0.6 is 23.2 Å². The van der Waals surface area contributed by atoms with E-state index in [1.807, 2.05) is 18.2 Å².